The van der Waals surface area contributed by atoms with Crippen LogP contribution in [0, 0.1) is 19.3 Å². The standard InChI is InChI=1S/C13H26/c1-5-8-10-12-13(4,7-3)11-9-6-2/h1-2,5-12H2,3-4H3. The first-order chi connectivity index (χ1) is 6.18. The van der Waals surface area contributed by atoms with Crippen LogP contribution in [0.15, 0.2) is 0 Å². The SMILES string of the molecule is [CH2]CCCCC(C)(CC)CCC[CH2]. The van der Waals surface area contributed by atoms with Crippen LogP contribution in [0.4, 0.5) is 0 Å². The van der Waals surface area contributed by atoms with E-state index in [2.05, 4.69) is 27.7 Å². The molecule has 0 fully saturated rings. The molecule has 0 aromatic carbocycles. The summed E-state index contributed by atoms with van der Waals surface area (Å²) in [6.45, 7) is 12.5. The topological polar surface area (TPSA) is 0 Å². The van der Waals surface area contributed by atoms with Gasteiger partial charge in [0.1, 0.15) is 0 Å². The van der Waals surface area contributed by atoms with E-state index in [-0.39, 0.29) is 0 Å². The second kappa shape index (κ2) is 7.41. The highest BCUT2D eigenvalue weighted by atomic mass is 14.3. The van der Waals surface area contributed by atoms with Gasteiger partial charge in [0, 0.05) is 0 Å². The molecule has 0 N–H and O–H groups in total. The van der Waals surface area contributed by atoms with Crippen LogP contribution >= 0.6 is 0 Å². The van der Waals surface area contributed by atoms with Crippen LogP contribution in [0.3, 0.4) is 0 Å². The van der Waals surface area contributed by atoms with Crippen molar-refractivity contribution in [1.29, 1.82) is 0 Å². The van der Waals surface area contributed by atoms with Crippen LogP contribution in [-0.4, -0.2) is 0 Å². The molecule has 0 bridgehead atoms. The van der Waals surface area contributed by atoms with Gasteiger partial charge in [0.05, 0.1) is 0 Å². The van der Waals surface area contributed by atoms with Gasteiger partial charge in [-0.1, -0.05) is 66.2 Å². The van der Waals surface area contributed by atoms with E-state index in [9.17, 15) is 0 Å². The number of hydrogen-bond acceptors (Lipinski definition) is 0. The summed E-state index contributed by atoms with van der Waals surface area (Å²) >= 11 is 0. The Hall–Kier alpha value is 0. The van der Waals surface area contributed by atoms with E-state index in [1.54, 1.807) is 0 Å². The monoisotopic (exact) mass is 182 g/mol. The molecule has 0 saturated heterocycles. The van der Waals surface area contributed by atoms with E-state index < -0.39 is 0 Å². The van der Waals surface area contributed by atoms with Gasteiger partial charge < -0.3 is 0 Å². The lowest BCUT2D eigenvalue weighted by Gasteiger charge is -2.28. The summed E-state index contributed by atoms with van der Waals surface area (Å²) in [7, 11) is 0. The van der Waals surface area contributed by atoms with E-state index >= 15 is 0 Å². The predicted molar refractivity (Wildman–Crippen MR) is 61.4 cm³/mol. The summed E-state index contributed by atoms with van der Waals surface area (Å²) in [6.07, 6.45) is 10.1. The van der Waals surface area contributed by atoms with Crippen molar-refractivity contribution in [3.8, 4) is 0 Å². The molecule has 0 heteroatoms. The van der Waals surface area contributed by atoms with Crippen molar-refractivity contribution in [2.75, 3.05) is 0 Å². The zero-order valence-corrected chi connectivity index (χ0v) is 9.57. The summed E-state index contributed by atoms with van der Waals surface area (Å²) in [4.78, 5) is 0. The van der Waals surface area contributed by atoms with Crippen molar-refractivity contribution >= 4 is 0 Å². The highest BCUT2D eigenvalue weighted by molar-refractivity contribution is 4.72. The van der Waals surface area contributed by atoms with Crippen molar-refractivity contribution in [3.05, 3.63) is 13.8 Å². The van der Waals surface area contributed by atoms with Crippen molar-refractivity contribution < 1.29 is 0 Å². The first-order valence-electron chi connectivity index (χ1n) is 5.77. The molecule has 1 atom stereocenters. The molecule has 13 heavy (non-hydrogen) atoms. The van der Waals surface area contributed by atoms with Gasteiger partial charge in [0.15, 0.2) is 0 Å². The average molecular weight is 182 g/mol. The first kappa shape index (κ1) is 13.0. The van der Waals surface area contributed by atoms with E-state index in [0.717, 1.165) is 12.8 Å². The van der Waals surface area contributed by atoms with E-state index in [4.69, 9.17) is 0 Å². The minimum atomic E-state index is 0.576. The Bertz CT molecular complexity index is 107. The summed E-state index contributed by atoms with van der Waals surface area (Å²) in [5.41, 5.74) is 0.576. The summed E-state index contributed by atoms with van der Waals surface area (Å²) in [5, 5.41) is 0. The lowest BCUT2D eigenvalue weighted by molar-refractivity contribution is 0.246. The molecular weight excluding hydrogens is 156 g/mol. The Kier molecular flexibility index (Phi) is 7.41. The molecule has 0 aliphatic carbocycles. The quantitative estimate of drug-likeness (QED) is 0.473. The van der Waals surface area contributed by atoms with E-state index in [1.807, 2.05) is 0 Å². The zero-order valence-electron chi connectivity index (χ0n) is 9.57. The highest BCUT2D eigenvalue weighted by Crippen LogP contribution is 2.33. The Morgan fingerprint density at radius 1 is 0.923 bits per heavy atom. The molecule has 0 aromatic rings. The first-order valence-corrected chi connectivity index (χ1v) is 5.77. The largest absolute Gasteiger partial charge is 0.0649 e. The summed E-state index contributed by atoms with van der Waals surface area (Å²) in [6, 6.07) is 0. The fraction of sp³-hybridized carbons (Fsp3) is 0.846. The average Bonchev–Trinajstić information content (AvgIpc) is 2.15. The Morgan fingerprint density at radius 2 is 1.46 bits per heavy atom. The van der Waals surface area contributed by atoms with Crippen LogP contribution < -0.4 is 0 Å². The fourth-order valence-corrected chi connectivity index (χ4v) is 1.76. The van der Waals surface area contributed by atoms with Crippen molar-refractivity contribution in [1.82, 2.24) is 0 Å². The molecule has 2 radical (unpaired) electrons. The predicted octanol–water partition coefficient (Wildman–Crippen LogP) is 4.80. The molecule has 78 valence electrons. The normalized spacial score (nSPS) is 15.7. The molecule has 0 rings (SSSR count). The van der Waals surface area contributed by atoms with Crippen LogP contribution in [0.25, 0.3) is 0 Å². The maximum atomic E-state index is 3.91. The van der Waals surface area contributed by atoms with Crippen LogP contribution in [0.5, 0.6) is 0 Å². The molecule has 0 saturated carbocycles. The third-order valence-electron chi connectivity index (χ3n) is 3.16. The Labute approximate surface area is 85.1 Å². The molecule has 0 spiro atoms. The molecule has 0 aliphatic rings. The van der Waals surface area contributed by atoms with Crippen molar-refractivity contribution in [2.24, 2.45) is 5.41 Å². The number of unbranched alkanes of at least 4 members (excludes halogenated alkanes) is 3. The van der Waals surface area contributed by atoms with Gasteiger partial charge in [-0.15, -0.1) is 0 Å². The van der Waals surface area contributed by atoms with Gasteiger partial charge in [0.2, 0.25) is 0 Å². The van der Waals surface area contributed by atoms with Crippen molar-refractivity contribution in [2.45, 2.75) is 65.2 Å². The fourth-order valence-electron chi connectivity index (χ4n) is 1.76. The zero-order chi connectivity index (χ0) is 10.2. The molecule has 0 nitrogen and oxygen atoms in total. The van der Waals surface area contributed by atoms with Crippen LogP contribution in [-0.2, 0) is 0 Å². The van der Waals surface area contributed by atoms with Crippen molar-refractivity contribution in [3.63, 3.8) is 0 Å². The minimum absolute atomic E-state index is 0.576. The van der Waals surface area contributed by atoms with Gasteiger partial charge >= 0.3 is 0 Å². The molecule has 1 unspecified atom stereocenters. The minimum Gasteiger partial charge on any atom is -0.0649 e. The lowest BCUT2D eigenvalue weighted by atomic mass is 9.78. The Morgan fingerprint density at radius 3 is 1.92 bits per heavy atom. The van der Waals surface area contributed by atoms with Gasteiger partial charge in [-0.2, -0.15) is 0 Å². The third-order valence-corrected chi connectivity index (χ3v) is 3.16. The highest BCUT2D eigenvalue weighted by Gasteiger charge is 2.20. The molecule has 0 aliphatic heterocycles. The molecule has 0 aromatic heterocycles. The third kappa shape index (κ3) is 6.12. The second-order valence-corrected chi connectivity index (χ2v) is 4.43. The van der Waals surface area contributed by atoms with Crippen LogP contribution in [0.1, 0.15) is 65.2 Å². The Balaban J connectivity index is 3.67. The maximum absolute atomic E-state index is 3.91. The maximum Gasteiger partial charge on any atom is -0.0328 e. The van der Waals surface area contributed by atoms with Crippen LogP contribution in [0.2, 0.25) is 0 Å². The van der Waals surface area contributed by atoms with E-state index in [0.29, 0.717) is 5.41 Å². The number of rotatable bonds is 8. The van der Waals surface area contributed by atoms with Gasteiger partial charge in [0.25, 0.3) is 0 Å². The number of hydrogen-bond donors (Lipinski definition) is 0. The second-order valence-electron chi connectivity index (χ2n) is 4.43. The summed E-state index contributed by atoms with van der Waals surface area (Å²) < 4.78 is 0. The molecule has 0 amide bonds. The van der Waals surface area contributed by atoms with E-state index in [1.165, 1.54) is 38.5 Å². The summed E-state index contributed by atoms with van der Waals surface area (Å²) in [5.74, 6) is 0. The smallest absolute Gasteiger partial charge is 0.0328 e. The van der Waals surface area contributed by atoms with Gasteiger partial charge in [-0.3, -0.25) is 0 Å². The molecular formula is C13H26. The van der Waals surface area contributed by atoms with Gasteiger partial charge in [-0.05, 0) is 18.3 Å². The molecule has 0 heterocycles. The lowest BCUT2D eigenvalue weighted by Crippen LogP contribution is -2.14. The van der Waals surface area contributed by atoms with Gasteiger partial charge in [-0.25, -0.2) is 0 Å².